The number of imidazole rings is 1. The van der Waals surface area contributed by atoms with E-state index in [0.717, 1.165) is 21.7 Å². The lowest BCUT2D eigenvalue weighted by atomic mass is 9.98. The lowest BCUT2D eigenvalue weighted by molar-refractivity contribution is -0.125. The number of nitrogens with zero attached hydrogens (tertiary/aromatic N) is 2. The Balaban J connectivity index is 1.51. The number of carbonyl (C=O) groups excluding carboxylic acids is 2. The maximum Gasteiger partial charge on any atom is 0.339 e. The molecule has 4 heterocycles. The predicted molar refractivity (Wildman–Crippen MR) is 111 cm³/mol. The summed E-state index contributed by atoms with van der Waals surface area (Å²) in [6.45, 7) is 2.00. The van der Waals surface area contributed by atoms with Crippen molar-refractivity contribution >= 4 is 34.7 Å². The highest BCUT2D eigenvalue weighted by molar-refractivity contribution is 7.13. The molecule has 1 amide bonds. The first-order valence-corrected chi connectivity index (χ1v) is 10.1. The van der Waals surface area contributed by atoms with E-state index < -0.39 is 12.1 Å². The van der Waals surface area contributed by atoms with Gasteiger partial charge >= 0.3 is 5.97 Å². The summed E-state index contributed by atoms with van der Waals surface area (Å²) < 4.78 is 7.25. The van der Waals surface area contributed by atoms with Crippen molar-refractivity contribution in [2.45, 2.75) is 19.4 Å². The standard InChI is InChI=1S/C22H17N3O3S/c1-13-8-9-25-18(11-13)23-19(17-7-4-10-29-17)20(25)24-21(26)16-12-14-5-2-3-6-15(14)22(27)28-16/h2-11,16H,12H2,1H3,(H,24,26)/t16-/m0/s1. The normalized spacial score (nSPS) is 15.8. The van der Waals surface area contributed by atoms with E-state index in [0.29, 0.717) is 23.5 Å². The van der Waals surface area contributed by atoms with E-state index >= 15 is 0 Å². The van der Waals surface area contributed by atoms with Gasteiger partial charge in [0.05, 0.1) is 10.4 Å². The molecule has 7 heteroatoms. The smallest absolute Gasteiger partial charge is 0.339 e. The molecule has 1 aromatic carbocycles. The van der Waals surface area contributed by atoms with E-state index in [-0.39, 0.29) is 5.91 Å². The average molecular weight is 403 g/mol. The van der Waals surface area contributed by atoms with Crippen LogP contribution in [0.1, 0.15) is 21.5 Å². The molecular formula is C22H17N3O3S. The fourth-order valence-electron chi connectivity index (χ4n) is 3.53. The van der Waals surface area contributed by atoms with E-state index in [4.69, 9.17) is 9.72 Å². The van der Waals surface area contributed by atoms with E-state index in [1.807, 2.05) is 59.3 Å². The minimum absolute atomic E-state index is 0.345. The number of aryl methyl sites for hydroxylation is 1. The summed E-state index contributed by atoms with van der Waals surface area (Å²) in [7, 11) is 0. The van der Waals surface area contributed by atoms with Crippen molar-refractivity contribution < 1.29 is 14.3 Å². The summed E-state index contributed by atoms with van der Waals surface area (Å²) in [5.41, 5.74) is 3.85. The van der Waals surface area contributed by atoms with Crippen molar-refractivity contribution in [2.24, 2.45) is 0 Å². The second-order valence-electron chi connectivity index (χ2n) is 6.96. The third-order valence-electron chi connectivity index (χ3n) is 4.96. The third kappa shape index (κ3) is 3.09. The summed E-state index contributed by atoms with van der Waals surface area (Å²) in [4.78, 5) is 31.0. The molecular weight excluding hydrogens is 386 g/mol. The third-order valence-corrected chi connectivity index (χ3v) is 5.84. The van der Waals surface area contributed by atoms with Crippen LogP contribution in [0.4, 0.5) is 5.82 Å². The first-order valence-electron chi connectivity index (χ1n) is 9.22. The van der Waals surface area contributed by atoms with Crippen LogP contribution in [0, 0.1) is 6.92 Å². The van der Waals surface area contributed by atoms with Gasteiger partial charge in [0.2, 0.25) is 0 Å². The number of amides is 1. The molecule has 0 unspecified atom stereocenters. The number of cyclic esters (lactones) is 1. The molecule has 0 saturated heterocycles. The van der Waals surface area contributed by atoms with Gasteiger partial charge in [-0.1, -0.05) is 24.3 Å². The van der Waals surface area contributed by atoms with Gasteiger partial charge in [0.25, 0.3) is 5.91 Å². The van der Waals surface area contributed by atoms with Crippen LogP contribution >= 0.6 is 11.3 Å². The van der Waals surface area contributed by atoms with Crippen molar-refractivity contribution in [1.29, 1.82) is 0 Å². The van der Waals surface area contributed by atoms with Crippen molar-refractivity contribution in [3.05, 3.63) is 76.8 Å². The minimum atomic E-state index is -0.885. The number of aromatic nitrogens is 2. The zero-order valence-corrected chi connectivity index (χ0v) is 16.4. The number of rotatable bonds is 3. The minimum Gasteiger partial charge on any atom is -0.448 e. The maximum atomic E-state index is 13.0. The van der Waals surface area contributed by atoms with E-state index in [2.05, 4.69) is 5.32 Å². The molecule has 0 bridgehead atoms. The Morgan fingerprint density at radius 1 is 1.24 bits per heavy atom. The van der Waals surface area contributed by atoms with Crippen LogP contribution in [0.2, 0.25) is 0 Å². The fraction of sp³-hybridized carbons (Fsp3) is 0.136. The summed E-state index contributed by atoms with van der Waals surface area (Å²) in [6, 6.07) is 15.0. The number of carbonyl (C=O) groups is 2. The number of nitrogens with one attached hydrogen (secondary N) is 1. The molecule has 3 aromatic heterocycles. The molecule has 0 saturated carbocycles. The zero-order valence-electron chi connectivity index (χ0n) is 15.6. The molecule has 4 aromatic rings. The quantitative estimate of drug-likeness (QED) is 0.523. The van der Waals surface area contributed by atoms with Crippen LogP contribution in [-0.2, 0) is 16.0 Å². The van der Waals surface area contributed by atoms with E-state index in [1.54, 1.807) is 23.5 Å². The number of thiophene rings is 1. The van der Waals surface area contributed by atoms with Crippen molar-refractivity contribution in [3.8, 4) is 10.6 Å². The Labute approximate surface area is 170 Å². The molecule has 1 atom stereocenters. The first-order chi connectivity index (χ1) is 14.1. The summed E-state index contributed by atoms with van der Waals surface area (Å²) >= 11 is 1.55. The summed E-state index contributed by atoms with van der Waals surface area (Å²) in [6.07, 6.45) is 1.34. The van der Waals surface area contributed by atoms with Gasteiger partial charge in [0, 0.05) is 12.6 Å². The zero-order chi connectivity index (χ0) is 20.0. The summed E-state index contributed by atoms with van der Waals surface area (Å²) in [5, 5.41) is 4.92. The van der Waals surface area contributed by atoms with Crippen molar-refractivity contribution in [1.82, 2.24) is 9.38 Å². The molecule has 0 aliphatic carbocycles. The lowest BCUT2D eigenvalue weighted by Gasteiger charge is -2.23. The van der Waals surface area contributed by atoms with Gasteiger partial charge in [-0.05, 0) is 47.7 Å². The Morgan fingerprint density at radius 3 is 2.93 bits per heavy atom. The number of hydrogen-bond acceptors (Lipinski definition) is 5. The number of hydrogen-bond donors (Lipinski definition) is 1. The van der Waals surface area contributed by atoms with Crippen LogP contribution in [0.25, 0.3) is 16.2 Å². The molecule has 5 rings (SSSR count). The molecule has 1 aliphatic heterocycles. The maximum absolute atomic E-state index is 13.0. The Bertz CT molecular complexity index is 1240. The Kier molecular flexibility index (Phi) is 4.17. The number of fused-ring (bicyclic) bond motifs is 2. The molecule has 0 radical (unpaired) electrons. The second-order valence-corrected chi connectivity index (χ2v) is 7.91. The van der Waals surface area contributed by atoms with Gasteiger partial charge < -0.3 is 10.1 Å². The van der Waals surface area contributed by atoms with Crippen LogP contribution in [0.5, 0.6) is 0 Å². The highest BCUT2D eigenvalue weighted by Gasteiger charge is 2.32. The largest absolute Gasteiger partial charge is 0.448 e. The number of benzene rings is 1. The number of esters is 1. The van der Waals surface area contributed by atoms with Crippen molar-refractivity contribution in [2.75, 3.05) is 5.32 Å². The topological polar surface area (TPSA) is 72.7 Å². The molecule has 144 valence electrons. The number of anilines is 1. The van der Waals surface area contributed by atoms with Gasteiger partial charge in [-0.3, -0.25) is 9.20 Å². The Morgan fingerprint density at radius 2 is 2.10 bits per heavy atom. The van der Waals surface area contributed by atoms with Crippen LogP contribution in [0.3, 0.4) is 0 Å². The Hall–Kier alpha value is -3.45. The van der Waals surface area contributed by atoms with Crippen LogP contribution in [-0.4, -0.2) is 27.4 Å². The molecule has 29 heavy (non-hydrogen) atoms. The van der Waals surface area contributed by atoms with Crippen molar-refractivity contribution in [3.63, 3.8) is 0 Å². The van der Waals surface area contributed by atoms with Gasteiger partial charge in [-0.25, -0.2) is 9.78 Å². The first kappa shape index (κ1) is 17.6. The van der Waals surface area contributed by atoms with E-state index in [1.165, 1.54) is 0 Å². The number of pyridine rings is 1. The van der Waals surface area contributed by atoms with Crippen LogP contribution < -0.4 is 5.32 Å². The molecule has 1 aliphatic rings. The molecule has 0 spiro atoms. The van der Waals surface area contributed by atoms with Crippen LogP contribution in [0.15, 0.2) is 60.1 Å². The van der Waals surface area contributed by atoms with Gasteiger partial charge in [-0.15, -0.1) is 11.3 Å². The van der Waals surface area contributed by atoms with E-state index in [9.17, 15) is 9.59 Å². The SMILES string of the molecule is Cc1ccn2c(NC(=O)[C@@H]3Cc4ccccc4C(=O)O3)c(-c3cccs3)nc2c1. The molecule has 6 nitrogen and oxygen atoms in total. The van der Waals surface area contributed by atoms with Gasteiger partial charge in [-0.2, -0.15) is 0 Å². The molecule has 1 N–H and O–H groups in total. The highest BCUT2D eigenvalue weighted by atomic mass is 32.1. The van der Waals surface area contributed by atoms with Gasteiger partial charge in [0.1, 0.15) is 17.2 Å². The summed E-state index contributed by atoms with van der Waals surface area (Å²) in [5.74, 6) is -0.269. The molecule has 0 fully saturated rings. The average Bonchev–Trinajstić information content (AvgIpc) is 3.36. The van der Waals surface area contributed by atoms with Gasteiger partial charge in [0.15, 0.2) is 6.10 Å². The highest BCUT2D eigenvalue weighted by Crippen LogP contribution is 2.32. The lowest BCUT2D eigenvalue weighted by Crippen LogP contribution is -2.38. The monoisotopic (exact) mass is 403 g/mol. The predicted octanol–water partition coefficient (Wildman–Crippen LogP) is 4.09. The number of ether oxygens (including phenoxy) is 1. The fourth-order valence-corrected chi connectivity index (χ4v) is 4.24. The second kappa shape index (κ2) is 6.86.